The first kappa shape index (κ1) is 17.2. The van der Waals surface area contributed by atoms with Gasteiger partial charge < -0.3 is 14.7 Å². The van der Waals surface area contributed by atoms with E-state index >= 15 is 0 Å². The number of rotatable bonds is 5. The summed E-state index contributed by atoms with van der Waals surface area (Å²) in [6.07, 6.45) is 1.06. The Bertz CT molecular complexity index is 779. The van der Waals surface area contributed by atoms with Gasteiger partial charge in [-0.25, -0.2) is 4.79 Å². The third kappa shape index (κ3) is 4.24. The number of carbonyl (C=O) groups excluding carboxylic acids is 1. The SMILES string of the molecule is COc1cccc(Cc2nnc(NC(=O)N3CCC(C(=O)O)C3)s2)c1. The molecule has 1 aromatic carbocycles. The summed E-state index contributed by atoms with van der Waals surface area (Å²) in [7, 11) is 1.62. The third-order valence-corrected chi connectivity index (χ3v) is 4.83. The normalized spacial score (nSPS) is 16.7. The molecule has 2 heterocycles. The van der Waals surface area contributed by atoms with Crippen LogP contribution in [0.2, 0.25) is 0 Å². The van der Waals surface area contributed by atoms with E-state index in [1.165, 1.54) is 16.2 Å². The second-order valence-electron chi connectivity index (χ2n) is 5.73. The highest BCUT2D eigenvalue weighted by atomic mass is 32.1. The van der Waals surface area contributed by atoms with Crippen molar-refractivity contribution >= 4 is 28.5 Å². The lowest BCUT2D eigenvalue weighted by molar-refractivity contribution is -0.141. The molecular formula is C16H18N4O4S. The zero-order valence-electron chi connectivity index (χ0n) is 13.6. The lowest BCUT2D eigenvalue weighted by Crippen LogP contribution is -2.33. The molecule has 1 unspecified atom stereocenters. The highest BCUT2D eigenvalue weighted by Crippen LogP contribution is 2.22. The van der Waals surface area contributed by atoms with Gasteiger partial charge in [-0.2, -0.15) is 0 Å². The van der Waals surface area contributed by atoms with Crippen LogP contribution in [-0.2, 0) is 11.2 Å². The Labute approximate surface area is 148 Å². The summed E-state index contributed by atoms with van der Waals surface area (Å²) in [5.41, 5.74) is 1.04. The number of nitrogens with one attached hydrogen (secondary N) is 1. The predicted octanol–water partition coefficient (Wildman–Crippen LogP) is 2.08. The van der Waals surface area contributed by atoms with Crippen LogP contribution in [0.4, 0.5) is 9.93 Å². The van der Waals surface area contributed by atoms with Gasteiger partial charge in [0.05, 0.1) is 13.0 Å². The van der Waals surface area contributed by atoms with Crippen molar-refractivity contribution in [3.63, 3.8) is 0 Å². The Hall–Kier alpha value is -2.68. The number of aromatic nitrogens is 2. The summed E-state index contributed by atoms with van der Waals surface area (Å²) >= 11 is 1.30. The fourth-order valence-electron chi connectivity index (χ4n) is 2.65. The molecule has 1 fully saturated rings. The number of amides is 2. The van der Waals surface area contributed by atoms with Crippen LogP contribution in [0.15, 0.2) is 24.3 Å². The van der Waals surface area contributed by atoms with Crippen molar-refractivity contribution in [2.45, 2.75) is 12.8 Å². The van der Waals surface area contributed by atoms with Gasteiger partial charge in [0, 0.05) is 19.5 Å². The van der Waals surface area contributed by atoms with E-state index < -0.39 is 11.9 Å². The number of carboxylic acids is 1. The summed E-state index contributed by atoms with van der Waals surface area (Å²) in [4.78, 5) is 24.6. The van der Waals surface area contributed by atoms with Crippen molar-refractivity contribution in [1.82, 2.24) is 15.1 Å². The highest BCUT2D eigenvalue weighted by Gasteiger charge is 2.31. The first-order chi connectivity index (χ1) is 12.0. The van der Waals surface area contributed by atoms with E-state index in [4.69, 9.17) is 9.84 Å². The number of carbonyl (C=O) groups is 2. The van der Waals surface area contributed by atoms with Gasteiger partial charge in [0.25, 0.3) is 0 Å². The minimum Gasteiger partial charge on any atom is -0.497 e. The molecule has 1 atom stereocenters. The number of nitrogens with zero attached hydrogens (tertiary/aromatic N) is 3. The van der Waals surface area contributed by atoms with Crippen molar-refractivity contribution in [2.75, 3.05) is 25.5 Å². The van der Waals surface area contributed by atoms with E-state index in [2.05, 4.69) is 15.5 Å². The van der Waals surface area contributed by atoms with Gasteiger partial charge in [-0.3, -0.25) is 10.1 Å². The number of hydrogen-bond donors (Lipinski definition) is 2. The molecule has 2 aromatic rings. The van der Waals surface area contributed by atoms with Crippen LogP contribution in [0.25, 0.3) is 0 Å². The molecule has 1 aliphatic heterocycles. The molecule has 8 nitrogen and oxygen atoms in total. The molecule has 3 rings (SSSR count). The molecule has 0 radical (unpaired) electrons. The lowest BCUT2D eigenvalue weighted by Gasteiger charge is -2.14. The zero-order valence-corrected chi connectivity index (χ0v) is 14.5. The predicted molar refractivity (Wildman–Crippen MR) is 92.0 cm³/mol. The minimum atomic E-state index is -0.869. The maximum Gasteiger partial charge on any atom is 0.323 e. The number of benzene rings is 1. The topological polar surface area (TPSA) is 105 Å². The van der Waals surface area contributed by atoms with E-state index in [0.717, 1.165) is 16.3 Å². The molecule has 1 aliphatic rings. The fourth-order valence-corrected chi connectivity index (χ4v) is 3.41. The Morgan fingerprint density at radius 1 is 1.44 bits per heavy atom. The summed E-state index contributed by atoms with van der Waals surface area (Å²) in [6.45, 7) is 0.648. The zero-order chi connectivity index (χ0) is 17.8. The Morgan fingerprint density at radius 3 is 3.00 bits per heavy atom. The van der Waals surface area contributed by atoms with Crippen molar-refractivity contribution in [3.8, 4) is 5.75 Å². The number of likely N-dealkylation sites (tertiary alicyclic amines) is 1. The minimum absolute atomic E-state index is 0.219. The van der Waals surface area contributed by atoms with Crippen LogP contribution in [0.5, 0.6) is 5.75 Å². The molecule has 1 aromatic heterocycles. The molecule has 132 valence electrons. The molecule has 0 saturated carbocycles. The molecule has 9 heteroatoms. The molecule has 2 amide bonds. The summed E-state index contributed by atoms with van der Waals surface area (Å²) in [5, 5.41) is 20.9. The maximum atomic E-state index is 12.2. The second-order valence-corrected chi connectivity index (χ2v) is 6.79. The van der Waals surface area contributed by atoms with Gasteiger partial charge in [-0.05, 0) is 24.1 Å². The number of aliphatic carboxylic acids is 1. The summed E-state index contributed by atoms with van der Waals surface area (Å²) < 4.78 is 5.20. The van der Waals surface area contributed by atoms with Crippen LogP contribution < -0.4 is 10.1 Å². The molecular weight excluding hydrogens is 344 g/mol. The van der Waals surface area contributed by atoms with Crippen LogP contribution in [0.3, 0.4) is 0 Å². The first-order valence-corrected chi connectivity index (χ1v) is 8.61. The Morgan fingerprint density at radius 2 is 2.28 bits per heavy atom. The van der Waals surface area contributed by atoms with E-state index in [9.17, 15) is 9.59 Å². The third-order valence-electron chi connectivity index (χ3n) is 3.99. The lowest BCUT2D eigenvalue weighted by atomic mass is 10.1. The molecule has 0 spiro atoms. The number of ether oxygens (including phenoxy) is 1. The van der Waals surface area contributed by atoms with Crippen LogP contribution >= 0.6 is 11.3 Å². The average molecular weight is 362 g/mol. The van der Waals surface area contributed by atoms with Crippen molar-refractivity contribution in [2.24, 2.45) is 5.92 Å². The number of carboxylic acid groups (broad SMARTS) is 1. The van der Waals surface area contributed by atoms with Crippen molar-refractivity contribution in [1.29, 1.82) is 0 Å². The Balaban J connectivity index is 1.58. The Kier molecular flexibility index (Phi) is 5.13. The van der Waals surface area contributed by atoms with Crippen LogP contribution in [-0.4, -0.2) is 52.4 Å². The fraction of sp³-hybridized carbons (Fsp3) is 0.375. The number of urea groups is 1. The second kappa shape index (κ2) is 7.47. The quantitative estimate of drug-likeness (QED) is 0.844. The van der Waals surface area contributed by atoms with E-state index in [1.807, 2.05) is 24.3 Å². The molecule has 0 aliphatic carbocycles. The van der Waals surface area contributed by atoms with E-state index in [1.54, 1.807) is 7.11 Å². The maximum absolute atomic E-state index is 12.2. The monoisotopic (exact) mass is 362 g/mol. The number of anilines is 1. The molecule has 2 N–H and O–H groups in total. The first-order valence-electron chi connectivity index (χ1n) is 7.79. The smallest absolute Gasteiger partial charge is 0.323 e. The van der Waals surface area contributed by atoms with Gasteiger partial charge in [0.15, 0.2) is 0 Å². The van der Waals surface area contributed by atoms with E-state index in [-0.39, 0.29) is 12.6 Å². The summed E-state index contributed by atoms with van der Waals surface area (Å²) in [6, 6.07) is 7.33. The molecule has 0 bridgehead atoms. The highest BCUT2D eigenvalue weighted by molar-refractivity contribution is 7.15. The van der Waals surface area contributed by atoms with E-state index in [0.29, 0.717) is 24.5 Å². The van der Waals surface area contributed by atoms with Crippen LogP contribution in [0.1, 0.15) is 17.0 Å². The van der Waals surface area contributed by atoms with Gasteiger partial charge in [0.1, 0.15) is 10.8 Å². The largest absolute Gasteiger partial charge is 0.497 e. The average Bonchev–Trinajstić information content (AvgIpc) is 3.25. The number of methoxy groups -OCH3 is 1. The van der Waals surface area contributed by atoms with Gasteiger partial charge in [-0.1, -0.05) is 23.5 Å². The van der Waals surface area contributed by atoms with Crippen molar-refractivity contribution in [3.05, 3.63) is 34.8 Å². The molecule has 25 heavy (non-hydrogen) atoms. The van der Waals surface area contributed by atoms with Gasteiger partial charge >= 0.3 is 12.0 Å². The van der Waals surface area contributed by atoms with Gasteiger partial charge in [-0.15, -0.1) is 10.2 Å². The van der Waals surface area contributed by atoms with Crippen molar-refractivity contribution < 1.29 is 19.4 Å². The number of hydrogen-bond acceptors (Lipinski definition) is 6. The van der Waals surface area contributed by atoms with Crippen LogP contribution in [0, 0.1) is 5.92 Å². The molecule has 1 saturated heterocycles. The summed E-state index contributed by atoms with van der Waals surface area (Å²) in [5.74, 6) is -0.590. The van der Waals surface area contributed by atoms with Gasteiger partial charge in [0.2, 0.25) is 5.13 Å². The standard InChI is InChI=1S/C16H18N4O4S/c1-24-12-4-2-3-10(7-12)8-13-18-19-15(25-13)17-16(23)20-6-5-11(9-20)14(21)22/h2-4,7,11H,5-6,8-9H2,1H3,(H,21,22)(H,17,19,23).